The van der Waals surface area contributed by atoms with E-state index in [1.165, 1.54) is 50.7 Å². The first-order chi connectivity index (χ1) is 16.9. The zero-order valence-corrected chi connectivity index (χ0v) is 21.1. The van der Waals surface area contributed by atoms with Crippen molar-refractivity contribution >= 4 is 23.8 Å². The molecular weight excluding hydrogens is 442 g/mol. The van der Waals surface area contributed by atoms with E-state index < -0.39 is 11.9 Å². The minimum atomic E-state index is -1.05. The molecule has 1 heterocycles. The topological polar surface area (TPSA) is 85.6 Å². The van der Waals surface area contributed by atoms with Crippen molar-refractivity contribution in [2.45, 2.75) is 84.6 Å². The number of ether oxygens (including phenoxy) is 1. The van der Waals surface area contributed by atoms with Crippen LogP contribution in [0.25, 0.3) is 6.08 Å². The summed E-state index contributed by atoms with van der Waals surface area (Å²) in [7, 11) is 0. The van der Waals surface area contributed by atoms with Crippen LogP contribution in [0.1, 0.15) is 110 Å². The largest absolute Gasteiger partial charge is 0.477 e. The van der Waals surface area contributed by atoms with Crippen molar-refractivity contribution in [3.8, 4) is 0 Å². The highest BCUT2D eigenvalue weighted by Crippen LogP contribution is 2.17. The molecule has 1 N–H and O–H groups in total. The first kappa shape index (κ1) is 28.1. The summed E-state index contributed by atoms with van der Waals surface area (Å²) in [5.41, 5.74) is 2.29. The second-order valence-electron chi connectivity index (χ2n) is 8.88. The average molecular weight is 482 g/mol. The number of aromatic nitrogens is 1. The van der Waals surface area contributed by atoms with E-state index in [4.69, 9.17) is 4.74 Å². The average Bonchev–Trinajstić information content (AvgIpc) is 3.27. The highest BCUT2D eigenvalue weighted by atomic mass is 16.5. The second kappa shape index (κ2) is 15.7. The van der Waals surface area contributed by atoms with Crippen molar-refractivity contribution in [1.82, 2.24) is 4.57 Å². The minimum Gasteiger partial charge on any atom is -0.477 e. The van der Waals surface area contributed by atoms with Gasteiger partial charge in [0.15, 0.2) is 5.78 Å². The van der Waals surface area contributed by atoms with E-state index in [-0.39, 0.29) is 11.5 Å². The first-order valence-electron chi connectivity index (χ1n) is 12.8. The molecule has 0 amide bonds. The maximum Gasteiger partial charge on any atom is 0.352 e. The Hall–Kier alpha value is -3.15. The van der Waals surface area contributed by atoms with Crippen molar-refractivity contribution in [1.29, 1.82) is 0 Å². The lowest BCUT2D eigenvalue weighted by Crippen LogP contribution is -2.08. The summed E-state index contributed by atoms with van der Waals surface area (Å²) in [5, 5.41) is 9.61. The molecule has 0 radical (unpaired) electrons. The van der Waals surface area contributed by atoms with Crippen molar-refractivity contribution in [3.63, 3.8) is 0 Å². The van der Waals surface area contributed by atoms with Gasteiger partial charge < -0.3 is 14.4 Å². The summed E-state index contributed by atoms with van der Waals surface area (Å²) in [5.74, 6) is -1.45. The minimum absolute atomic E-state index is 0.00588. The zero-order valence-electron chi connectivity index (χ0n) is 21.1. The summed E-state index contributed by atoms with van der Waals surface area (Å²) in [4.78, 5) is 35.8. The van der Waals surface area contributed by atoms with Crippen LogP contribution in [0.15, 0.2) is 42.6 Å². The van der Waals surface area contributed by atoms with Crippen LogP contribution in [0.5, 0.6) is 0 Å². The van der Waals surface area contributed by atoms with Gasteiger partial charge in [0.05, 0.1) is 6.61 Å². The van der Waals surface area contributed by atoms with Gasteiger partial charge in [-0.25, -0.2) is 9.59 Å². The van der Waals surface area contributed by atoms with Crippen LogP contribution in [-0.4, -0.2) is 34.0 Å². The molecule has 190 valence electrons. The lowest BCUT2D eigenvalue weighted by molar-refractivity contribution is -0.137. The summed E-state index contributed by atoms with van der Waals surface area (Å²) < 4.78 is 6.48. The molecule has 0 saturated heterocycles. The zero-order chi connectivity index (χ0) is 25.5. The summed E-state index contributed by atoms with van der Waals surface area (Å²) in [6.45, 7) is 4.64. The number of nitrogens with zero attached hydrogens (tertiary/aromatic N) is 1. The number of ketones is 1. The molecule has 0 bridgehead atoms. The molecule has 0 unspecified atom stereocenters. The second-order valence-corrected chi connectivity index (χ2v) is 8.88. The fourth-order valence-corrected chi connectivity index (χ4v) is 4.00. The molecule has 0 fully saturated rings. The third-order valence-electron chi connectivity index (χ3n) is 5.98. The van der Waals surface area contributed by atoms with Crippen LogP contribution in [0, 0.1) is 0 Å². The molecule has 1 aromatic carbocycles. The van der Waals surface area contributed by atoms with Gasteiger partial charge in [0.1, 0.15) is 5.69 Å². The van der Waals surface area contributed by atoms with Gasteiger partial charge in [0, 0.05) is 30.8 Å². The van der Waals surface area contributed by atoms with E-state index in [1.807, 2.05) is 24.3 Å². The van der Waals surface area contributed by atoms with Crippen molar-refractivity contribution < 1.29 is 24.2 Å². The summed E-state index contributed by atoms with van der Waals surface area (Å²) >= 11 is 0. The molecule has 0 aliphatic rings. The number of carbonyl (C=O) groups is 3. The molecule has 6 heteroatoms. The Kier molecular flexibility index (Phi) is 12.6. The van der Waals surface area contributed by atoms with Gasteiger partial charge in [-0.05, 0) is 36.6 Å². The Morgan fingerprint density at radius 1 is 0.914 bits per heavy atom. The number of hydrogen-bond acceptors (Lipinski definition) is 4. The van der Waals surface area contributed by atoms with E-state index in [1.54, 1.807) is 23.8 Å². The SMILES string of the molecule is CCCCCCCCCCCC(=O)c1cc(C(=O)O)n(Cc2ccc(/C=C/C(=O)OCC)cc2)c1. The van der Waals surface area contributed by atoms with Crippen molar-refractivity contribution in [2.75, 3.05) is 6.61 Å². The van der Waals surface area contributed by atoms with E-state index in [9.17, 15) is 19.5 Å². The van der Waals surface area contributed by atoms with Gasteiger partial charge >= 0.3 is 11.9 Å². The molecule has 35 heavy (non-hydrogen) atoms. The number of esters is 1. The fraction of sp³-hybridized carbons (Fsp3) is 0.483. The smallest absolute Gasteiger partial charge is 0.352 e. The van der Waals surface area contributed by atoms with E-state index >= 15 is 0 Å². The highest BCUT2D eigenvalue weighted by Gasteiger charge is 2.17. The number of hydrogen-bond donors (Lipinski definition) is 1. The lowest BCUT2D eigenvalue weighted by Gasteiger charge is -2.07. The van der Waals surface area contributed by atoms with Crippen LogP contribution in [0.2, 0.25) is 0 Å². The molecule has 0 atom stereocenters. The summed E-state index contributed by atoms with van der Waals surface area (Å²) in [6.07, 6.45) is 15.8. The number of carbonyl (C=O) groups excluding carboxylic acids is 2. The Balaban J connectivity index is 1.88. The fourth-order valence-electron chi connectivity index (χ4n) is 4.00. The molecule has 6 nitrogen and oxygen atoms in total. The standard InChI is InChI=1S/C29H39NO5/c1-3-5-6-7-8-9-10-11-12-13-27(31)25-20-26(29(33)34)30(22-25)21-24-16-14-23(15-17-24)18-19-28(32)35-4-2/h14-20,22H,3-13,21H2,1-2H3,(H,33,34)/b19-18+. The van der Waals surface area contributed by atoms with Crippen molar-refractivity contribution in [3.05, 3.63) is 65.0 Å². The first-order valence-corrected chi connectivity index (χ1v) is 12.8. The molecular formula is C29H39NO5. The van der Waals surface area contributed by atoms with E-state index in [0.29, 0.717) is 25.1 Å². The maximum absolute atomic E-state index is 12.7. The molecule has 0 aliphatic carbocycles. The van der Waals surface area contributed by atoms with Crippen LogP contribution < -0.4 is 0 Å². The van der Waals surface area contributed by atoms with Gasteiger partial charge in [-0.2, -0.15) is 0 Å². The molecule has 2 aromatic rings. The van der Waals surface area contributed by atoms with Gasteiger partial charge in [-0.1, -0.05) is 82.6 Å². The number of Topliss-reactive ketones (excluding diaryl/α,β-unsaturated/α-hetero) is 1. The molecule has 0 aliphatic heterocycles. The quantitative estimate of drug-likeness (QED) is 0.115. The number of benzene rings is 1. The predicted octanol–water partition coefficient (Wildman–Crippen LogP) is 6.91. The Labute approximate surface area is 209 Å². The number of carboxylic acid groups (broad SMARTS) is 1. The predicted molar refractivity (Wildman–Crippen MR) is 139 cm³/mol. The van der Waals surface area contributed by atoms with Gasteiger partial charge in [-0.15, -0.1) is 0 Å². The number of aromatic carboxylic acids is 1. The Bertz CT molecular complexity index is 971. The van der Waals surface area contributed by atoms with Gasteiger partial charge in [-0.3, -0.25) is 4.79 Å². The van der Waals surface area contributed by atoms with E-state index in [2.05, 4.69) is 6.92 Å². The van der Waals surface area contributed by atoms with Gasteiger partial charge in [0.25, 0.3) is 0 Å². The normalized spacial score (nSPS) is 11.1. The molecule has 0 spiro atoms. The van der Waals surface area contributed by atoms with Crippen LogP contribution in [0.3, 0.4) is 0 Å². The Morgan fingerprint density at radius 2 is 1.54 bits per heavy atom. The number of unbranched alkanes of at least 4 members (excludes halogenated alkanes) is 8. The third kappa shape index (κ3) is 10.3. The highest BCUT2D eigenvalue weighted by molar-refractivity contribution is 5.98. The molecule has 1 aromatic heterocycles. The third-order valence-corrected chi connectivity index (χ3v) is 5.98. The van der Waals surface area contributed by atoms with Crippen LogP contribution in [-0.2, 0) is 16.1 Å². The van der Waals surface area contributed by atoms with E-state index in [0.717, 1.165) is 30.4 Å². The lowest BCUT2D eigenvalue weighted by atomic mass is 10.0. The van der Waals surface area contributed by atoms with Crippen molar-refractivity contribution in [2.24, 2.45) is 0 Å². The number of carboxylic acids is 1. The molecule has 0 saturated carbocycles. The summed E-state index contributed by atoms with van der Waals surface area (Å²) in [6, 6.07) is 8.94. The van der Waals surface area contributed by atoms with Crippen LogP contribution >= 0.6 is 0 Å². The maximum atomic E-state index is 12.7. The Morgan fingerprint density at radius 3 is 2.14 bits per heavy atom. The number of rotatable bonds is 17. The molecule has 2 rings (SSSR count). The van der Waals surface area contributed by atoms with Crippen LogP contribution in [0.4, 0.5) is 0 Å². The van der Waals surface area contributed by atoms with Gasteiger partial charge in [0.2, 0.25) is 0 Å². The monoisotopic (exact) mass is 481 g/mol.